The number of hydrogen-bond donors (Lipinski definition) is 2. The SMILES string of the molecule is Cc1cc(N)cc2c1OCC(=O)N2. The van der Waals surface area contributed by atoms with Crippen molar-refractivity contribution in [2.75, 3.05) is 17.7 Å². The van der Waals surface area contributed by atoms with Gasteiger partial charge in [-0.2, -0.15) is 0 Å². The van der Waals surface area contributed by atoms with Crippen molar-refractivity contribution >= 4 is 17.3 Å². The number of carbonyl (C=O) groups excluding carboxylic acids is 1. The number of rotatable bonds is 0. The second-order valence-corrected chi connectivity index (χ2v) is 3.05. The van der Waals surface area contributed by atoms with Crippen molar-refractivity contribution in [3.8, 4) is 5.75 Å². The Kier molecular flexibility index (Phi) is 1.62. The van der Waals surface area contributed by atoms with Gasteiger partial charge in [-0.3, -0.25) is 4.79 Å². The average Bonchev–Trinajstić information content (AvgIpc) is 2.02. The molecule has 68 valence electrons. The molecule has 13 heavy (non-hydrogen) atoms. The molecule has 0 aromatic heterocycles. The van der Waals surface area contributed by atoms with E-state index in [0.717, 1.165) is 5.56 Å². The van der Waals surface area contributed by atoms with Crippen molar-refractivity contribution in [2.45, 2.75) is 6.92 Å². The zero-order chi connectivity index (χ0) is 9.42. The number of nitrogen functional groups attached to an aromatic ring is 1. The van der Waals surface area contributed by atoms with Crippen LogP contribution in [0.1, 0.15) is 5.56 Å². The Morgan fingerprint density at radius 3 is 3.08 bits per heavy atom. The third-order valence-electron chi connectivity index (χ3n) is 1.92. The lowest BCUT2D eigenvalue weighted by molar-refractivity contribution is -0.118. The molecular weight excluding hydrogens is 168 g/mol. The Labute approximate surface area is 75.7 Å². The number of aryl methyl sites for hydroxylation is 1. The molecule has 0 unspecified atom stereocenters. The molecular formula is C9H10N2O2. The first-order valence-corrected chi connectivity index (χ1v) is 3.99. The molecule has 4 heteroatoms. The fourth-order valence-corrected chi connectivity index (χ4v) is 1.41. The number of amides is 1. The average molecular weight is 178 g/mol. The monoisotopic (exact) mass is 178 g/mol. The summed E-state index contributed by atoms with van der Waals surface area (Å²) in [5.41, 5.74) is 7.85. The molecule has 1 aliphatic rings. The second-order valence-electron chi connectivity index (χ2n) is 3.05. The highest BCUT2D eigenvalue weighted by molar-refractivity contribution is 5.96. The van der Waals surface area contributed by atoms with Gasteiger partial charge in [0.1, 0.15) is 5.75 Å². The van der Waals surface area contributed by atoms with Crippen LogP contribution in [0.3, 0.4) is 0 Å². The number of ether oxygens (including phenoxy) is 1. The van der Waals surface area contributed by atoms with Gasteiger partial charge >= 0.3 is 0 Å². The zero-order valence-electron chi connectivity index (χ0n) is 7.26. The molecule has 1 heterocycles. The van der Waals surface area contributed by atoms with Crippen LogP contribution in [0.25, 0.3) is 0 Å². The fraction of sp³-hybridized carbons (Fsp3) is 0.222. The van der Waals surface area contributed by atoms with Crippen LogP contribution in [-0.4, -0.2) is 12.5 Å². The molecule has 2 rings (SSSR count). The highest BCUT2D eigenvalue weighted by Crippen LogP contribution is 2.33. The van der Waals surface area contributed by atoms with Crippen molar-refractivity contribution in [1.29, 1.82) is 0 Å². The van der Waals surface area contributed by atoms with Crippen molar-refractivity contribution in [3.63, 3.8) is 0 Å². The summed E-state index contributed by atoms with van der Waals surface area (Å²) in [6, 6.07) is 3.51. The minimum atomic E-state index is -0.141. The number of fused-ring (bicyclic) bond motifs is 1. The van der Waals surface area contributed by atoms with Crippen molar-refractivity contribution in [1.82, 2.24) is 0 Å². The molecule has 0 saturated carbocycles. The lowest BCUT2D eigenvalue weighted by atomic mass is 10.1. The Balaban J connectivity index is 2.53. The van der Waals surface area contributed by atoms with Crippen molar-refractivity contribution < 1.29 is 9.53 Å². The Bertz CT molecular complexity index is 374. The molecule has 0 aliphatic carbocycles. The third-order valence-corrected chi connectivity index (χ3v) is 1.92. The maximum atomic E-state index is 11.0. The molecule has 3 N–H and O–H groups in total. The van der Waals surface area contributed by atoms with Crippen LogP contribution >= 0.6 is 0 Å². The third kappa shape index (κ3) is 1.30. The number of benzene rings is 1. The normalized spacial score (nSPS) is 14.4. The van der Waals surface area contributed by atoms with Crippen LogP contribution in [0.15, 0.2) is 12.1 Å². The summed E-state index contributed by atoms with van der Waals surface area (Å²) in [4.78, 5) is 11.0. The summed E-state index contributed by atoms with van der Waals surface area (Å²) in [7, 11) is 0. The maximum absolute atomic E-state index is 11.0. The Morgan fingerprint density at radius 1 is 1.54 bits per heavy atom. The highest BCUT2D eigenvalue weighted by atomic mass is 16.5. The Morgan fingerprint density at radius 2 is 2.31 bits per heavy atom. The number of carbonyl (C=O) groups is 1. The fourth-order valence-electron chi connectivity index (χ4n) is 1.41. The molecule has 0 bridgehead atoms. The van der Waals surface area contributed by atoms with E-state index < -0.39 is 0 Å². The van der Waals surface area contributed by atoms with Crippen LogP contribution in [0.4, 0.5) is 11.4 Å². The number of nitrogens with one attached hydrogen (secondary N) is 1. The lowest BCUT2D eigenvalue weighted by Gasteiger charge is -2.19. The molecule has 0 fully saturated rings. The molecule has 1 amide bonds. The van der Waals surface area contributed by atoms with E-state index >= 15 is 0 Å². The maximum Gasteiger partial charge on any atom is 0.262 e. The summed E-state index contributed by atoms with van der Waals surface area (Å²) in [5, 5.41) is 2.70. The van der Waals surface area contributed by atoms with E-state index in [1.54, 1.807) is 6.07 Å². The smallest absolute Gasteiger partial charge is 0.262 e. The van der Waals surface area contributed by atoms with Gasteiger partial charge in [0.05, 0.1) is 5.69 Å². The van der Waals surface area contributed by atoms with Crippen LogP contribution in [0.5, 0.6) is 5.75 Å². The number of anilines is 2. The van der Waals surface area contributed by atoms with Gasteiger partial charge in [-0.15, -0.1) is 0 Å². The quantitative estimate of drug-likeness (QED) is 0.580. The van der Waals surface area contributed by atoms with Gasteiger partial charge in [0.15, 0.2) is 6.61 Å². The van der Waals surface area contributed by atoms with Gasteiger partial charge in [0.25, 0.3) is 5.91 Å². The minimum Gasteiger partial charge on any atom is -0.481 e. The van der Waals surface area contributed by atoms with Crippen molar-refractivity contribution in [3.05, 3.63) is 17.7 Å². The predicted molar refractivity (Wildman–Crippen MR) is 49.7 cm³/mol. The van der Waals surface area contributed by atoms with E-state index in [0.29, 0.717) is 17.1 Å². The highest BCUT2D eigenvalue weighted by Gasteiger charge is 2.17. The van der Waals surface area contributed by atoms with E-state index in [1.807, 2.05) is 13.0 Å². The topological polar surface area (TPSA) is 64.3 Å². The zero-order valence-corrected chi connectivity index (χ0v) is 7.26. The molecule has 1 aromatic rings. The predicted octanol–water partition coefficient (Wildman–Crippen LogP) is 0.908. The first-order chi connectivity index (χ1) is 6.16. The summed E-state index contributed by atoms with van der Waals surface area (Å²) < 4.78 is 5.25. The van der Waals surface area contributed by atoms with Crippen LogP contribution in [-0.2, 0) is 4.79 Å². The van der Waals surface area contributed by atoms with E-state index in [9.17, 15) is 4.79 Å². The van der Waals surface area contributed by atoms with E-state index in [-0.39, 0.29) is 12.5 Å². The summed E-state index contributed by atoms with van der Waals surface area (Å²) in [5.74, 6) is 0.575. The van der Waals surface area contributed by atoms with E-state index in [4.69, 9.17) is 10.5 Å². The van der Waals surface area contributed by atoms with Crippen LogP contribution in [0.2, 0.25) is 0 Å². The van der Waals surface area contributed by atoms with Gasteiger partial charge < -0.3 is 15.8 Å². The molecule has 1 aromatic carbocycles. The summed E-state index contributed by atoms with van der Waals surface area (Å²) in [6.07, 6.45) is 0. The van der Waals surface area contributed by atoms with Crippen LogP contribution < -0.4 is 15.8 Å². The number of hydrogen-bond acceptors (Lipinski definition) is 3. The molecule has 0 atom stereocenters. The Hall–Kier alpha value is -1.71. The van der Waals surface area contributed by atoms with E-state index in [1.165, 1.54) is 0 Å². The first-order valence-electron chi connectivity index (χ1n) is 3.99. The lowest BCUT2D eigenvalue weighted by Crippen LogP contribution is -2.25. The molecule has 1 aliphatic heterocycles. The standard InChI is InChI=1S/C9H10N2O2/c1-5-2-6(10)3-7-9(5)13-4-8(12)11-7/h2-3H,4,10H2,1H3,(H,11,12). The summed E-state index contributed by atoms with van der Waals surface area (Å²) in [6.45, 7) is 1.98. The summed E-state index contributed by atoms with van der Waals surface area (Å²) >= 11 is 0. The van der Waals surface area contributed by atoms with E-state index in [2.05, 4.69) is 5.32 Å². The van der Waals surface area contributed by atoms with Gasteiger partial charge in [-0.1, -0.05) is 0 Å². The molecule has 0 radical (unpaired) electrons. The van der Waals surface area contributed by atoms with Gasteiger partial charge in [0, 0.05) is 5.69 Å². The molecule has 0 spiro atoms. The van der Waals surface area contributed by atoms with Gasteiger partial charge in [0.2, 0.25) is 0 Å². The number of nitrogens with two attached hydrogens (primary N) is 1. The molecule has 0 saturated heterocycles. The van der Waals surface area contributed by atoms with Gasteiger partial charge in [-0.05, 0) is 24.6 Å². The second kappa shape index (κ2) is 2.65. The first kappa shape index (κ1) is 7.91. The minimum absolute atomic E-state index is 0.0811. The van der Waals surface area contributed by atoms with Crippen LogP contribution in [0, 0.1) is 6.92 Å². The van der Waals surface area contributed by atoms with Gasteiger partial charge in [-0.25, -0.2) is 0 Å². The molecule has 4 nitrogen and oxygen atoms in total. The largest absolute Gasteiger partial charge is 0.481 e. The van der Waals surface area contributed by atoms with Crippen molar-refractivity contribution in [2.24, 2.45) is 0 Å².